The van der Waals surface area contributed by atoms with E-state index in [4.69, 9.17) is 0 Å². The molecule has 0 saturated carbocycles. The Labute approximate surface area is 231 Å². The average Bonchev–Trinajstić information content (AvgIpc) is 2.92. The maximum absolute atomic E-state index is 12.1. The molecule has 0 heterocycles. The number of phenolic OH excluding ortho intramolecular Hbond substituents is 2. The van der Waals surface area contributed by atoms with Gasteiger partial charge in [-0.1, -0.05) is 72.4 Å². The fourth-order valence-corrected chi connectivity index (χ4v) is 5.91. The number of carboxylic acid groups (broad SMARTS) is 2. The monoisotopic (exact) mass is 542 g/mol. The lowest BCUT2D eigenvalue weighted by atomic mass is 9.99. The van der Waals surface area contributed by atoms with E-state index in [2.05, 4.69) is 0 Å². The Morgan fingerprint density at radius 2 is 0.923 bits per heavy atom. The van der Waals surface area contributed by atoms with Gasteiger partial charge in [0.15, 0.2) is 0 Å². The van der Waals surface area contributed by atoms with Crippen molar-refractivity contribution >= 4 is 23.7 Å². The molecule has 0 aliphatic carbocycles. The first-order valence-electron chi connectivity index (χ1n) is 12.8. The Kier molecular flexibility index (Phi) is 9.28. The Balaban J connectivity index is 1.68. The topological polar surface area (TPSA) is 115 Å². The van der Waals surface area contributed by atoms with Gasteiger partial charge in [0.1, 0.15) is 11.5 Å². The Morgan fingerprint density at radius 3 is 1.28 bits per heavy atom. The summed E-state index contributed by atoms with van der Waals surface area (Å²) in [5.74, 6) is -2.46. The van der Waals surface area contributed by atoms with Crippen LogP contribution in [0.4, 0.5) is 0 Å². The SMILES string of the molecule is O=C(O)c1ccc(O)c(Sc2c(O)ccc(C(=O)O)c2CCCc2ccccc2)c1CCCc1ccccc1. The number of phenols is 2. The summed E-state index contributed by atoms with van der Waals surface area (Å²) < 4.78 is 0. The molecule has 0 aliphatic rings. The summed E-state index contributed by atoms with van der Waals surface area (Å²) in [6.07, 6.45) is 3.51. The van der Waals surface area contributed by atoms with Crippen LogP contribution in [0.25, 0.3) is 0 Å². The molecular weight excluding hydrogens is 512 g/mol. The number of hydrogen-bond donors (Lipinski definition) is 4. The highest BCUT2D eigenvalue weighted by atomic mass is 32.2. The minimum atomic E-state index is -1.11. The standard InChI is InChI=1S/C32H30O6S/c33-27-19-17-25(31(35)36)23(15-7-13-21-9-3-1-4-10-21)29(27)39-30-24(26(32(37)38)18-20-28(30)34)16-8-14-22-11-5-2-6-12-22/h1-6,9-12,17-20,33-34H,7-8,13-16H2,(H,35,36)(H,37,38). The molecule has 4 rings (SSSR count). The smallest absolute Gasteiger partial charge is 0.336 e. The van der Waals surface area contributed by atoms with Crippen molar-refractivity contribution in [2.45, 2.75) is 48.3 Å². The minimum absolute atomic E-state index is 0.0721. The molecule has 0 unspecified atom stereocenters. The second-order valence-electron chi connectivity index (χ2n) is 9.27. The fraction of sp³-hybridized carbons (Fsp3) is 0.188. The highest BCUT2D eigenvalue weighted by Gasteiger charge is 2.23. The second-order valence-corrected chi connectivity index (χ2v) is 10.3. The summed E-state index contributed by atoms with van der Waals surface area (Å²) in [6, 6.07) is 25.1. The molecule has 0 saturated heterocycles. The number of carboxylic acids is 2. The lowest BCUT2D eigenvalue weighted by Gasteiger charge is -2.18. The van der Waals surface area contributed by atoms with Crippen molar-refractivity contribution in [3.63, 3.8) is 0 Å². The summed E-state index contributed by atoms with van der Waals surface area (Å²) in [7, 11) is 0. The molecule has 4 aromatic carbocycles. The fourth-order valence-electron chi connectivity index (χ4n) is 4.69. The van der Waals surface area contributed by atoms with E-state index in [0.29, 0.717) is 46.6 Å². The first-order chi connectivity index (χ1) is 18.8. The molecular formula is C32H30O6S. The van der Waals surface area contributed by atoms with Crippen molar-refractivity contribution in [1.29, 1.82) is 0 Å². The van der Waals surface area contributed by atoms with Crippen LogP contribution in [0.3, 0.4) is 0 Å². The van der Waals surface area contributed by atoms with Gasteiger partial charge in [-0.15, -0.1) is 0 Å². The van der Waals surface area contributed by atoms with Gasteiger partial charge in [0.2, 0.25) is 0 Å². The average molecular weight is 543 g/mol. The van der Waals surface area contributed by atoms with Gasteiger partial charge in [0.05, 0.1) is 20.9 Å². The van der Waals surface area contributed by atoms with Crippen molar-refractivity contribution < 1.29 is 30.0 Å². The van der Waals surface area contributed by atoms with E-state index < -0.39 is 11.9 Å². The van der Waals surface area contributed by atoms with Crippen LogP contribution in [0.1, 0.15) is 55.8 Å². The van der Waals surface area contributed by atoms with Crippen LogP contribution in [0.15, 0.2) is 94.7 Å². The molecule has 39 heavy (non-hydrogen) atoms. The normalized spacial score (nSPS) is 10.9. The molecule has 0 spiro atoms. The highest BCUT2D eigenvalue weighted by Crippen LogP contribution is 2.45. The molecule has 0 amide bonds. The Morgan fingerprint density at radius 1 is 0.538 bits per heavy atom. The first kappa shape index (κ1) is 27.8. The summed E-state index contributed by atoms with van der Waals surface area (Å²) >= 11 is 1.02. The Bertz CT molecular complexity index is 1340. The van der Waals surface area contributed by atoms with Gasteiger partial charge in [0.25, 0.3) is 0 Å². The van der Waals surface area contributed by atoms with Crippen LogP contribution in [-0.2, 0) is 25.7 Å². The van der Waals surface area contributed by atoms with Gasteiger partial charge in [-0.2, -0.15) is 0 Å². The number of hydrogen-bond acceptors (Lipinski definition) is 5. The van der Waals surface area contributed by atoms with Crippen molar-refractivity contribution in [3.8, 4) is 11.5 Å². The number of benzene rings is 4. The third-order valence-corrected chi connectivity index (χ3v) is 7.93. The largest absolute Gasteiger partial charge is 0.507 e. The van der Waals surface area contributed by atoms with Gasteiger partial charge < -0.3 is 20.4 Å². The van der Waals surface area contributed by atoms with E-state index in [1.165, 1.54) is 24.3 Å². The summed E-state index contributed by atoms with van der Waals surface area (Å²) in [5, 5.41) is 41.5. The van der Waals surface area contributed by atoms with Crippen molar-refractivity contribution in [2.75, 3.05) is 0 Å². The van der Waals surface area contributed by atoms with Gasteiger partial charge in [-0.05, 0) is 85.0 Å². The van der Waals surface area contributed by atoms with Crippen LogP contribution in [0, 0.1) is 0 Å². The number of carbonyl (C=O) groups is 2. The first-order valence-corrected chi connectivity index (χ1v) is 13.6. The zero-order valence-corrected chi connectivity index (χ0v) is 22.2. The van der Waals surface area contributed by atoms with Crippen LogP contribution in [0.2, 0.25) is 0 Å². The van der Waals surface area contributed by atoms with Crippen molar-refractivity contribution in [2.24, 2.45) is 0 Å². The molecule has 4 aromatic rings. The lowest BCUT2D eigenvalue weighted by Crippen LogP contribution is -2.07. The van der Waals surface area contributed by atoms with Crippen LogP contribution in [-0.4, -0.2) is 32.4 Å². The number of rotatable bonds is 12. The van der Waals surface area contributed by atoms with Gasteiger partial charge in [0, 0.05) is 0 Å². The molecule has 0 radical (unpaired) electrons. The van der Waals surface area contributed by atoms with E-state index in [-0.39, 0.29) is 22.6 Å². The molecule has 0 atom stereocenters. The second kappa shape index (κ2) is 13.0. The van der Waals surface area contributed by atoms with E-state index >= 15 is 0 Å². The molecule has 6 nitrogen and oxygen atoms in total. The van der Waals surface area contributed by atoms with Crippen LogP contribution >= 0.6 is 11.8 Å². The molecule has 0 aliphatic heterocycles. The predicted molar refractivity (Wildman–Crippen MR) is 151 cm³/mol. The van der Waals surface area contributed by atoms with Crippen LogP contribution < -0.4 is 0 Å². The molecule has 0 aromatic heterocycles. The number of aryl methyl sites for hydroxylation is 2. The van der Waals surface area contributed by atoms with E-state index in [9.17, 15) is 30.0 Å². The zero-order valence-electron chi connectivity index (χ0n) is 21.3. The van der Waals surface area contributed by atoms with E-state index in [1.54, 1.807) is 0 Å². The third kappa shape index (κ3) is 7.00. The minimum Gasteiger partial charge on any atom is -0.507 e. The molecule has 0 bridgehead atoms. The summed E-state index contributed by atoms with van der Waals surface area (Å²) in [5.41, 5.74) is 3.30. The van der Waals surface area contributed by atoms with Gasteiger partial charge >= 0.3 is 11.9 Å². The highest BCUT2D eigenvalue weighted by molar-refractivity contribution is 7.99. The third-order valence-electron chi connectivity index (χ3n) is 6.61. The van der Waals surface area contributed by atoms with Crippen LogP contribution in [0.5, 0.6) is 11.5 Å². The quantitative estimate of drug-likeness (QED) is 0.152. The van der Waals surface area contributed by atoms with Gasteiger partial charge in [-0.25, -0.2) is 9.59 Å². The van der Waals surface area contributed by atoms with E-state index in [1.807, 2.05) is 60.7 Å². The van der Waals surface area contributed by atoms with E-state index in [0.717, 1.165) is 35.7 Å². The number of aromatic hydroxyl groups is 2. The van der Waals surface area contributed by atoms with Crippen molar-refractivity contribution in [1.82, 2.24) is 0 Å². The molecule has 200 valence electrons. The number of aromatic carboxylic acids is 2. The zero-order chi connectivity index (χ0) is 27.8. The maximum atomic E-state index is 12.1. The summed E-state index contributed by atoms with van der Waals surface area (Å²) in [4.78, 5) is 24.8. The summed E-state index contributed by atoms with van der Waals surface area (Å²) in [6.45, 7) is 0. The molecule has 0 fully saturated rings. The van der Waals surface area contributed by atoms with Gasteiger partial charge in [-0.3, -0.25) is 0 Å². The Hall–Kier alpha value is -4.23. The molecule has 7 heteroatoms. The predicted octanol–water partition coefficient (Wildman–Crippen LogP) is 7.00. The maximum Gasteiger partial charge on any atom is 0.336 e. The lowest BCUT2D eigenvalue weighted by molar-refractivity contribution is 0.0684. The molecule has 4 N–H and O–H groups in total. The van der Waals surface area contributed by atoms with Crippen molar-refractivity contribution in [3.05, 3.63) is 118 Å².